The Hall–Kier alpha value is -6.72. The predicted molar refractivity (Wildman–Crippen MR) is 199 cm³/mol. The van der Waals surface area contributed by atoms with Gasteiger partial charge in [0.25, 0.3) is 0 Å². The Morgan fingerprint density at radius 2 is 1.04 bits per heavy atom. The second-order valence-electron chi connectivity index (χ2n) is 12.3. The van der Waals surface area contributed by atoms with Crippen LogP contribution >= 0.6 is 0 Å². The molecule has 228 valence electrons. The molecule has 7 aromatic carbocycles. The average Bonchev–Trinajstić information content (AvgIpc) is 3.54. The molecule has 0 bridgehead atoms. The first kappa shape index (κ1) is 27.4. The summed E-state index contributed by atoms with van der Waals surface area (Å²) in [5.41, 5.74) is 6.43. The largest absolute Gasteiger partial charge is 0.456 e. The molecule has 0 aliphatic rings. The van der Waals surface area contributed by atoms with Crippen molar-refractivity contribution in [1.29, 1.82) is 0 Å². The van der Waals surface area contributed by atoms with Gasteiger partial charge < -0.3 is 4.42 Å². The van der Waals surface area contributed by atoms with Crippen LogP contribution in [-0.2, 0) is 0 Å². The molecular weight excluding hydrogens is 601 g/mol. The van der Waals surface area contributed by atoms with Crippen LogP contribution in [0.15, 0.2) is 162 Å². The standard InChI is InChI=1S/C44H26N4O/c1-3-11-27(12-4-1)42-46-43(28-13-5-2-6-14-28)48-44(47-42)38-23-31(36-22-30-15-7-8-16-33(30)34-17-9-10-18-35(34)36)24-40-41(38)37-21-29-19-20-45-26-32(29)25-39(37)49-40/h1-26H. The van der Waals surface area contributed by atoms with Gasteiger partial charge in [0.1, 0.15) is 11.2 Å². The van der Waals surface area contributed by atoms with Crippen LogP contribution < -0.4 is 0 Å². The molecule has 0 aliphatic heterocycles. The summed E-state index contributed by atoms with van der Waals surface area (Å²) in [5.74, 6) is 1.81. The van der Waals surface area contributed by atoms with Crippen molar-refractivity contribution in [2.75, 3.05) is 0 Å². The first-order valence-electron chi connectivity index (χ1n) is 16.3. The molecule has 0 fully saturated rings. The summed E-state index contributed by atoms with van der Waals surface area (Å²) in [4.78, 5) is 19.7. The molecule has 10 rings (SSSR count). The highest BCUT2D eigenvalue weighted by Gasteiger charge is 2.21. The van der Waals surface area contributed by atoms with E-state index in [2.05, 4.69) is 83.8 Å². The van der Waals surface area contributed by atoms with Crippen molar-refractivity contribution in [2.45, 2.75) is 0 Å². The van der Waals surface area contributed by atoms with Gasteiger partial charge in [-0.3, -0.25) is 4.98 Å². The highest BCUT2D eigenvalue weighted by atomic mass is 16.3. The fraction of sp³-hybridized carbons (Fsp3) is 0. The van der Waals surface area contributed by atoms with E-state index < -0.39 is 0 Å². The molecule has 49 heavy (non-hydrogen) atoms. The van der Waals surface area contributed by atoms with E-state index in [1.807, 2.05) is 79.1 Å². The van der Waals surface area contributed by atoms with Crippen LogP contribution in [0.5, 0.6) is 0 Å². The third-order valence-electron chi connectivity index (χ3n) is 9.35. The third-order valence-corrected chi connectivity index (χ3v) is 9.35. The Morgan fingerprint density at radius 1 is 0.388 bits per heavy atom. The summed E-state index contributed by atoms with van der Waals surface area (Å²) < 4.78 is 6.72. The van der Waals surface area contributed by atoms with Crippen LogP contribution in [0.1, 0.15) is 0 Å². The second kappa shape index (κ2) is 10.9. The van der Waals surface area contributed by atoms with Gasteiger partial charge in [-0.1, -0.05) is 109 Å². The van der Waals surface area contributed by atoms with E-state index in [0.717, 1.165) is 60.5 Å². The van der Waals surface area contributed by atoms with Gasteiger partial charge in [-0.2, -0.15) is 0 Å². The molecule has 0 radical (unpaired) electrons. The van der Waals surface area contributed by atoms with Crippen molar-refractivity contribution in [3.8, 4) is 45.3 Å². The summed E-state index contributed by atoms with van der Waals surface area (Å²) in [6.45, 7) is 0. The number of rotatable bonds is 4. The molecule has 0 spiro atoms. The van der Waals surface area contributed by atoms with E-state index in [1.165, 1.54) is 21.5 Å². The first-order valence-corrected chi connectivity index (χ1v) is 16.3. The number of hydrogen-bond acceptors (Lipinski definition) is 5. The lowest BCUT2D eigenvalue weighted by atomic mass is 9.91. The van der Waals surface area contributed by atoms with Crippen LogP contribution in [0.2, 0.25) is 0 Å². The van der Waals surface area contributed by atoms with Crippen molar-refractivity contribution in [1.82, 2.24) is 19.9 Å². The van der Waals surface area contributed by atoms with Crippen molar-refractivity contribution in [3.63, 3.8) is 0 Å². The third kappa shape index (κ3) is 4.55. The quantitative estimate of drug-likeness (QED) is 0.182. The van der Waals surface area contributed by atoms with E-state index in [4.69, 9.17) is 19.4 Å². The number of nitrogens with zero attached hydrogens (tertiary/aromatic N) is 4. The minimum absolute atomic E-state index is 0.585. The van der Waals surface area contributed by atoms with Gasteiger partial charge in [0.15, 0.2) is 17.5 Å². The van der Waals surface area contributed by atoms with Gasteiger partial charge in [0.05, 0.1) is 0 Å². The number of pyridine rings is 1. The van der Waals surface area contributed by atoms with Crippen molar-refractivity contribution in [3.05, 3.63) is 158 Å². The van der Waals surface area contributed by atoms with Crippen molar-refractivity contribution in [2.24, 2.45) is 0 Å². The summed E-state index contributed by atoms with van der Waals surface area (Å²) >= 11 is 0. The first-order chi connectivity index (χ1) is 24.3. The van der Waals surface area contributed by atoms with Gasteiger partial charge >= 0.3 is 0 Å². The Kier molecular flexibility index (Phi) is 6.11. The maximum Gasteiger partial charge on any atom is 0.164 e. The zero-order valence-electron chi connectivity index (χ0n) is 26.2. The van der Waals surface area contributed by atoms with E-state index in [-0.39, 0.29) is 0 Å². The Labute approximate surface area is 281 Å². The number of aromatic nitrogens is 4. The summed E-state index contributed by atoms with van der Waals surface area (Å²) in [6, 6.07) is 50.3. The SMILES string of the molecule is c1ccc(-c2nc(-c3ccccc3)nc(-c3cc(-c4cc5ccccc5c5ccccc45)cc4oc5cc6cnccc6cc5c34)n2)cc1. The van der Waals surface area contributed by atoms with Crippen LogP contribution in [-0.4, -0.2) is 19.9 Å². The maximum atomic E-state index is 6.72. The molecule has 10 aromatic rings. The minimum Gasteiger partial charge on any atom is -0.456 e. The molecule has 0 amide bonds. The zero-order chi connectivity index (χ0) is 32.3. The molecular formula is C44H26N4O. The van der Waals surface area contributed by atoms with E-state index in [1.54, 1.807) is 0 Å². The zero-order valence-corrected chi connectivity index (χ0v) is 26.2. The highest BCUT2D eigenvalue weighted by molar-refractivity contribution is 6.18. The molecule has 5 heteroatoms. The van der Waals surface area contributed by atoms with E-state index in [0.29, 0.717) is 17.5 Å². The Morgan fingerprint density at radius 3 is 1.80 bits per heavy atom. The molecule has 3 heterocycles. The lowest BCUT2D eigenvalue weighted by Gasteiger charge is -2.14. The molecule has 0 unspecified atom stereocenters. The number of fused-ring (bicyclic) bond motifs is 7. The molecule has 5 nitrogen and oxygen atoms in total. The van der Waals surface area contributed by atoms with E-state index in [9.17, 15) is 0 Å². The van der Waals surface area contributed by atoms with Crippen LogP contribution in [0, 0.1) is 0 Å². The molecule has 0 N–H and O–H groups in total. The van der Waals surface area contributed by atoms with Crippen molar-refractivity contribution < 1.29 is 4.42 Å². The molecule has 0 aliphatic carbocycles. The lowest BCUT2D eigenvalue weighted by molar-refractivity contribution is 0.669. The lowest BCUT2D eigenvalue weighted by Crippen LogP contribution is -2.00. The number of benzene rings is 7. The Bertz CT molecular complexity index is 2820. The maximum absolute atomic E-state index is 6.72. The van der Waals surface area contributed by atoms with Gasteiger partial charge in [-0.25, -0.2) is 15.0 Å². The molecule has 3 aromatic heterocycles. The normalized spacial score (nSPS) is 11.7. The Balaban J connectivity index is 1.33. The van der Waals surface area contributed by atoms with Gasteiger partial charge in [0, 0.05) is 45.2 Å². The van der Waals surface area contributed by atoms with Crippen LogP contribution in [0.4, 0.5) is 0 Å². The topological polar surface area (TPSA) is 64.7 Å². The van der Waals surface area contributed by atoms with Crippen molar-refractivity contribution >= 4 is 54.3 Å². The number of hydrogen-bond donors (Lipinski definition) is 0. The van der Waals surface area contributed by atoms with Gasteiger partial charge in [-0.05, 0) is 74.5 Å². The summed E-state index contributed by atoms with van der Waals surface area (Å²) in [6.07, 6.45) is 3.70. The summed E-state index contributed by atoms with van der Waals surface area (Å²) in [7, 11) is 0. The summed E-state index contributed by atoms with van der Waals surface area (Å²) in [5, 5.41) is 8.86. The highest BCUT2D eigenvalue weighted by Crippen LogP contribution is 2.43. The number of furan rings is 1. The molecule has 0 atom stereocenters. The second-order valence-corrected chi connectivity index (χ2v) is 12.3. The average molecular weight is 627 g/mol. The predicted octanol–water partition coefficient (Wildman–Crippen LogP) is 11.3. The van der Waals surface area contributed by atoms with Crippen LogP contribution in [0.25, 0.3) is 99.5 Å². The fourth-order valence-corrected chi connectivity index (χ4v) is 7.04. The molecule has 0 saturated carbocycles. The van der Waals surface area contributed by atoms with Gasteiger partial charge in [0.2, 0.25) is 0 Å². The molecule has 0 saturated heterocycles. The van der Waals surface area contributed by atoms with Gasteiger partial charge in [-0.15, -0.1) is 0 Å². The van der Waals surface area contributed by atoms with Crippen LogP contribution in [0.3, 0.4) is 0 Å². The fourth-order valence-electron chi connectivity index (χ4n) is 7.04. The minimum atomic E-state index is 0.585. The smallest absolute Gasteiger partial charge is 0.164 e. The van der Waals surface area contributed by atoms with E-state index >= 15 is 0 Å². The monoisotopic (exact) mass is 626 g/mol.